The highest BCUT2D eigenvalue weighted by molar-refractivity contribution is 5.81. The fourth-order valence-corrected chi connectivity index (χ4v) is 3.04. The second-order valence-electron chi connectivity index (χ2n) is 5.60. The van der Waals surface area contributed by atoms with Crippen LogP contribution in [-0.4, -0.2) is 4.57 Å². The van der Waals surface area contributed by atoms with Crippen LogP contribution in [0.5, 0.6) is 0 Å². The Kier molecular flexibility index (Phi) is 3.13. The fourth-order valence-electron chi connectivity index (χ4n) is 3.04. The minimum atomic E-state index is -0.0605. The molecule has 3 aromatic rings. The molecule has 0 aliphatic rings. The number of fused-ring (bicyclic) bond motifs is 1. The predicted molar refractivity (Wildman–Crippen MR) is 85.8 cm³/mol. The zero-order chi connectivity index (χ0) is 14.2. The molecular weight excluding hydrogens is 242 g/mol. The van der Waals surface area contributed by atoms with Crippen molar-refractivity contribution in [2.45, 2.75) is 18.8 Å². The van der Waals surface area contributed by atoms with E-state index in [0.717, 1.165) is 6.42 Å². The first-order chi connectivity index (χ1) is 9.66. The van der Waals surface area contributed by atoms with E-state index in [4.69, 9.17) is 0 Å². The molecule has 1 radical (unpaired) electrons. The lowest BCUT2D eigenvalue weighted by molar-refractivity contribution is 0.539. The third-order valence-electron chi connectivity index (χ3n) is 4.43. The molecule has 0 bridgehead atoms. The van der Waals surface area contributed by atoms with E-state index in [9.17, 15) is 0 Å². The highest BCUT2D eigenvalue weighted by atomic mass is 15.0. The van der Waals surface area contributed by atoms with Crippen molar-refractivity contribution in [1.29, 1.82) is 0 Å². The van der Waals surface area contributed by atoms with Gasteiger partial charge in [-0.2, -0.15) is 0 Å². The summed E-state index contributed by atoms with van der Waals surface area (Å²) >= 11 is 0. The van der Waals surface area contributed by atoms with Gasteiger partial charge in [0.1, 0.15) is 0 Å². The van der Waals surface area contributed by atoms with Crippen LogP contribution >= 0.6 is 0 Å². The summed E-state index contributed by atoms with van der Waals surface area (Å²) < 4.78 is 2.30. The normalized spacial score (nSPS) is 14.3. The summed E-state index contributed by atoms with van der Waals surface area (Å²) in [4.78, 5) is 0. The standard InChI is InChI=1S/C19H20N/c1-4-19(2,16-11-6-5-7-12-16)18-14-15-10-8-9-13-17(15)20(18)3/h5-14H,1,4H2,2-3H3. The summed E-state index contributed by atoms with van der Waals surface area (Å²) in [7, 11) is 2.15. The number of nitrogens with zero attached hydrogens (tertiary/aromatic N) is 1. The van der Waals surface area contributed by atoms with Gasteiger partial charge in [0.2, 0.25) is 0 Å². The molecule has 1 aromatic heterocycles. The van der Waals surface area contributed by atoms with Crippen molar-refractivity contribution in [3.05, 3.63) is 78.8 Å². The molecule has 1 nitrogen and oxygen atoms in total. The summed E-state index contributed by atoms with van der Waals surface area (Å²) in [5.74, 6) is 0. The maximum absolute atomic E-state index is 4.21. The van der Waals surface area contributed by atoms with Crippen molar-refractivity contribution < 1.29 is 0 Å². The number of rotatable bonds is 3. The van der Waals surface area contributed by atoms with Crippen molar-refractivity contribution in [1.82, 2.24) is 4.57 Å². The molecule has 1 heteroatoms. The highest BCUT2D eigenvalue weighted by Gasteiger charge is 2.30. The number of aryl methyl sites for hydroxylation is 1. The van der Waals surface area contributed by atoms with Gasteiger partial charge < -0.3 is 4.57 Å². The molecule has 1 heterocycles. The van der Waals surface area contributed by atoms with Crippen LogP contribution in [0.1, 0.15) is 24.6 Å². The smallest absolute Gasteiger partial charge is 0.0480 e. The van der Waals surface area contributed by atoms with E-state index in [1.807, 2.05) is 0 Å². The second-order valence-corrected chi connectivity index (χ2v) is 5.60. The molecule has 2 aromatic carbocycles. The van der Waals surface area contributed by atoms with Crippen molar-refractivity contribution in [3.63, 3.8) is 0 Å². The molecule has 0 aliphatic heterocycles. The van der Waals surface area contributed by atoms with Gasteiger partial charge in [0.15, 0.2) is 0 Å². The number of hydrogen-bond donors (Lipinski definition) is 0. The van der Waals surface area contributed by atoms with Crippen LogP contribution in [0.2, 0.25) is 0 Å². The fraction of sp³-hybridized carbons (Fsp3) is 0.211. The Bertz CT molecular complexity index is 724. The van der Waals surface area contributed by atoms with Gasteiger partial charge in [-0.1, -0.05) is 55.5 Å². The van der Waals surface area contributed by atoms with Crippen LogP contribution in [0.3, 0.4) is 0 Å². The average Bonchev–Trinajstić information content (AvgIpc) is 2.85. The van der Waals surface area contributed by atoms with E-state index in [-0.39, 0.29) is 5.41 Å². The second kappa shape index (κ2) is 4.82. The zero-order valence-corrected chi connectivity index (χ0v) is 12.1. The summed E-state index contributed by atoms with van der Waals surface area (Å²) in [5, 5.41) is 1.29. The van der Waals surface area contributed by atoms with Gasteiger partial charge in [-0.05, 0) is 36.4 Å². The van der Waals surface area contributed by atoms with E-state index in [1.165, 1.54) is 22.2 Å². The van der Waals surface area contributed by atoms with Gasteiger partial charge in [0.05, 0.1) is 0 Å². The molecule has 1 atom stereocenters. The predicted octanol–water partition coefficient (Wildman–Crippen LogP) is 4.71. The van der Waals surface area contributed by atoms with E-state index in [0.29, 0.717) is 0 Å². The summed E-state index contributed by atoms with van der Waals surface area (Å²) in [5.41, 5.74) is 3.86. The molecular formula is C19H20N. The van der Waals surface area contributed by atoms with E-state index < -0.39 is 0 Å². The third-order valence-corrected chi connectivity index (χ3v) is 4.43. The van der Waals surface area contributed by atoms with Crippen molar-refractivity contribution in [2.75, 3.05) is 0 Å². The molecule has 0 saturated heterocycles. The summed E-state index contributed by atoms with van der Waals surface area (Å²) in [6.45, 7) is 6.49. The quantitative estimate of drug-likeness (QED) is 0.644. The SMILES string of the molecule is [CH2]CC(C)(c1ccccc1)c1cc2ccccc2n1C. The lowest BCUT2D eigenvalue weighted by atomic mass is 9.77. The summed E-state index contributed by atoms with van der Waals surface area (Å²) in [6, 6.07) is 21.5. The Morgan fingerprint density at radius 2 is 1.65 bits per heavy atom. The zero-order valence-electron chi connectivity index (χ0n) is 12.1. The van der Waals surface area contributed by atoms with Gasteiger partial charge >= 0.3 is 0 Å². The lowest BCUT2D eigenvalue weighted by Crippen LogP contribution is -2.25. The Labute approximate surface area is 120 Å². The highest BCUT2D eigenvalue weighted by Crippen LogP contribution is 2.37. The molecule has 0 saturated carbocycles. The molecule has 0 aliphatic carbocycles. The largest absolute Gasteiger partial charge is 0.347 e. The van der Waals surface area contributed by atoms with Gasteiger partial charge in [-0.15, -0.1) is 0 Å². The Morgan fingerprint density at radius 3 is 2.30 bits per heavy atom. The number of benzene rings is 2. The molecule has 101 valence electrons. The topological polar surface area (TPSA) is 4.93 Å². The van der Waals surface area contributed by atoms with Crippen LogP contribution in [0.15, 0.2) is 60.7 Å². The minimum Gasteiger partial charge on any atom is -0.347 e. The number of aromatic nitrogens is 1. The molecule has 0 amide bonds. The molecule has 0 spiro atoms. The molecule has 0 fully saturated rings. The molecule has 3 rings (SSSR count). The third kappa shape index (κ3) is 1.85. The van der Waals surface area contributed by atoms with Gasteiger partial charge in [-0.25, -0.2) is 0 Å². The number of para-hydroxylation sites is 1. The summed E-state index contributed by atoms with van der Waals surface area (Å²) in [6.07, 6.45) is 0.834. The Hall–Kier alpha value is -2.02. The van der Waals surface area contributed by atoms with Gasteiger partial charge in [0.25, 0.3) is 0 Å². The van der Waals surface area contributed by atoms with E-state index in [2.05, 4.69) is 86.1 Å². The average molecular weight is 262 g/mol. The van der Waals surface area contributed by atoms with Crippen LogP contribution < -0.4 is 0 Å². The maximum atomic E-state index is 4.21. The molecule has 1 unspecified atom stereocenters. The van der Waals surface area contributed by atoms with E-state index in [1.54, 1.807) is 0 Å². The molecule has 0 N–H and O–H groups in total. The van der Waals surface area contributed by atoms with Crippen LogP contribution in [0, 0.1) is 6.92 Å². The Balaban J connectivity index is 2.24. The monoisotopic (exact) mass is 262 g/mol. The van der Waals surface area contributed by atoms with Crippen LogP contribution in [-0.2, 0) is 12.5 Å². The maximum Gasteiger partial charge on any atom is 0.0480 e. The van der Waals surface area contributed by atoms with Crippen LogP contribution in [0.25, 0.3) is 10.9 Å². The van der Waals surface area contributed by atoms with Crippen molar-refractivity contribution >= 4 is 10.9 Å². The number of hydrogen-bond acceptors (Lipinski definition) is 0. The van der Waals surface area contributed by atoms with Gasteiger partial charge in [0, 0.05) is 23.7 Å². The van der Waals surface area contributed by atoms with Crippen molar-refractivity contribution in [3.8, 4) is 0 Å². The first-order valence-electron chi connectivity index (χ1n) is 7.06. The first kappa shape index (κ1) is 13.0. The minimum absolute atomic E-state index is 0.0605. The first-order valence-corrected chi connectivity index (χ1v) is 7.06. The van der Waals surface area contributed by atoms with Crippen LogP contribution in [0.4, 0.5) is 0 Å². The van der Waals surface area contributed by atoms with Crippen molar-refractivity contribution in [2.24, 2.45) is 7.05 Å². The van der Waals surface area contributed by atoms with E-state index >= 15 is 0 Å². The Morgan fingerprint density at radius 1 is 1.00 bits per heavy atom. The molecule has 20 heavy (non-hydrogen) atoms. The van der Waals surface area contributed by atoms with Gasteiger partial charge in [-0.3, -0.25) is 0 Å². The lowest BCUT2D eigenvalue weighted by Gasteiger charge is -2.30.